The number of carboxylic acid groups (broad SMARTS) is 1. The van der Waals surface area contributed by atoms with E-state index in [2.05, 4.69) is 6.58 Å². The highest BCUT2D eigenvalue weighted by atomic mass is 16.5. The summed E-state index contributed by atoms with van der Waals surface area (Å²) in [5.74, 6) is -1.03. The first-order valence-corrected chi connectivity index (χ1v) is 4.37. The van der Waals surface area contributed by atoms with Gasteiger partial charge in [0.05, 0.1) is 6.10 Å². The van der Waals surface area contributed by atoms with Gasteiger partial charge in [-0.2, -0.15) is 0 Å². The van der Waals surface area contributed by atoms with E-state index in [1.54, 1.807) is 6.08 Å². The molecule has 1 fully saturated rings. The molecule has 0 radical (unpaired) electrons. The highest BCUT2D eigenvalue weighted by Gasteiger charge is 2.35. The third kappa shape index (κ3) is 2.29. The van der Waals surface area contributed by atoms with Crippen LogP contribution < -0.4 is 5.73 Å². The number of rotatable bonds is 4. The lowest BCUT2D eigenvalue weighted by Crippen LogP contribution is -2.41. The molecule has 1 rings (SSSR count). The Balaban J connectivity index is 2.56. The standard InChI is InChI=1S/C9H15NO3/c1-2-3-7-6(4-5-13-7)8(10)9(11)12/h2,6-8H,1,3-5,10H2,(H,11,12). The van der Waals surface area contributed by atoms with Crippen LogP contribution in [0.1, 0.15) is 12.8 Å². The molecule has 0 spiro atoms. The Labute approximate surface area is 77.4 Å². The van der Waals surface area contributed by atoms with Crippen molar-refractivity contribution in [3.05, 3.63) is 12.7 Å². The molecule has 74 valence electrons. The quantitative estimate of drug-likeness (QED) is 0.621. The molecule has 0 amide bonds. The molecule has 1 saturated heterocycles. The molecule has 0 saturated carbocycles. The monoisotopic (exact) mass is 185 g/mol. The fraction of sp³-hybridized carbons (Fsp3) is 0.667. The van der Waals surface area contributed by atoms with Crippen LogP contribution in [0.15, 0.2) is 12.7 Å². The van der Waals surface area contributed by atoms with Gasteiger partial charge in [-0.05, 0) is 12.8 Å². The lowest BCUT2D eigenvalue weighted by molar-refractivity contribution is -0.140. The molecular formula is C9H15NO3. The van der Waals surface area contributed by atoms with Gasteiger partial charge in [0.2, 0.25) is 0 Å². The van der Waals surface area contributed by atoms with Gasteiger partial charge in [0.15, 0.2) is 0 Å². The molecule has 0 aromatic rings. The van der Waals surface area contributed by atoms with Gasteiger partial charge in [-0.15, -0.1) is 6.58 Å². The third-order valence-electron chi connectivity index (χ3n) is 2.41. The summed E-state index contributed by atoms with van der Waals surface area (Å²) in [5.41, 5.74) is 5.53. The molecule has 3 atom stereocenters. The Bertz CT molecular complexity index is 205. The van der Waals surface area contributed by atoms with Gasteiger partial charge >= 0.3 is 5.97 Å². The van der Waals surface area contributed by atoms with E-state index in [0.717, 1.165) is 6.42 Å². The van der Waals surface area contributed by atoms with Gasteiger partial charge in [-0.25, -0.2) is 0 Å². The number of carboxylic acids is 1. The fourth-order valence-electron chi connectivity index (χ4n) is 1.67. The van der Waals surface area contributed by atoms with Crippen LogP contribution in [0.25, 0.3) is 0 Å². The average Bonchev–Trinajstić information content (AvgIpc) is 2.52. The summed E-state index contributed by atoms with van der Waals surface area (Å²) < 4.78 is 5.36. The molecule has 0 aliphatic carbocycles. The number of carbonyl (C=O) groups is 1. The molecule has 0 aromatic carbocycles. The maximum atomic E-state index is 10.6. The van der Waals surface area contributed by atoms with E-state index in [0.29, 0.717) is 13.0 Å². The summed E-state index contributed by atoms with van der Waals surface area (Å²) in [6.45, 7) is 4.20. The van der Waals surface area contributed by atoms with Crippen molar-refractivity contribution < 1.29 is 14.6 Å². The topological polar surface area (TPSA) is 72.5 Å². The third-order valence-corrected chi connectivity index (χ3v) is 2.41. The number of hydrogen-bond donors (Lipinski definition) is 2. The van der Waals surface area contributed by atoms with Crippen LogP contribution in [0.3, 0.4) is 0 Å². The van der Waals surface area contributed by atoms with Crippen molar-refractivity contribution in [2.45, 2.75) is 25.0 Å². The molecule has 1 aliphatic heterocycles. The van der Waals surface area contributed by atoms with Gasteiger partial charge in [-0.3, -0.25) is 4.79 Å². The summed E-state index contributed by atoms with van der Waals surface area (Å²) in [6, 6.07) is -0.813. The van der Waals surface area contributed by atoms with E-state index < -0.39 is 12.0 Å². The average molecular weight is 185 g/mol. The SMILES string of the molecule is C=CCC1OCCC1C(N)C(=O)O. The Kier molecular flexibility index (Phi) is 3.45. The lowest BCUT2D eigenvalue weighted by Gasteiger charge is -2.20. The number of aliphatic carboxylic acids is 1. The van der Waals surface area contributed by atoms with E-state index in [1.165, 1.54) is 0 Å². The minimum Gasteiger partial charge on any atom is -0.480 e. The second-order valence-corrected chi connectivity index (χ2v) is 3.25. The second-order valence-electron chi connectivity index (χ2n) is 3.25. The highest BCUT2D eigenvalue weighted by molar-refractivity contribution is 5.73. The van der Waals surface area contributed by atoms with Gasteiger partial charge in [0.1, 0.15) is 6.04 Å². The smallest absolute Gasteiger partial charge is 0.320 e. The van der Waals surface area contributed by atoms with E-state index in [-0.39, 0.29) is 12.0 Å². The minimum atomic E-state index is -0.954. The first-order chi connectivity index (χ1) is 6.16. The Hall–Kier alpha value is -0.870. The van der Waals surface area contributed by atoms with E-state index in [9.17, 15) is 4.79 Å². The number of nitrogens with two attached hydrogens (primary N) is 1. The minimum absolute atomic E-state index is 0.0661. The summed E-state index contributed by atoms with van der Waals surface area (Å²) >= 11 is 0. The zero-order valence-electron chi connectivity index (χ0n) is 7.48. The van der Waals surface area contributed by atoms with Crippen molar-refractivity contribution in [2.75, 3.05) is 6.61 Å². The van der Waals surface area contributed by atoms with Crippen molar-refractivity contribution in [3.63, 3.8) is 0 Å². The van der Waals surface area contributed by atoms with Crippen molar-refractivity contribution in [2.24, 2.45) is 11.7 Å². The molecule has 3 N–H and O–H groups in total. The van der Waals surface area contributed by atoms with Gasteiger partial charge in [-0.1, -0.05) is 6.08 Å². The van der Waals surface area contributed by atoms with Gasteiger partial charge < -0.3 is 15.6 Å². The van der Waals surface area contributed by atoms with Crippen LogP contribution in [0.4, 0.5) is 0 Å². The second kappa shape index (κ2) is 4.39. The summed E-state index contributed by atoms with van der Waals surface area (Å²) in [5, 5.41) is 8.72. The van der Waals surface area contributed by atoms with Gasteiger partial charge in [0.25, 0.3) is 0 Å². The summed E-state index contributed by atoms with van der Waals surface area (Å²) in [4.78, 5) is 10.6. The lowest BCUT2D eigenvalue weighted by atomic mass is 9.91. The van der Waals surface area contributed by atoms with Gasteiger partial charge in [0, 0.05) is 12.5 Å². The molecule has 0 aromatic heterocycles. The van der Waals surface area contributed by atoms with E-state index >= 15 is 0 Å². The normalized spacial score (nSPS) is 29.9. The zero-order chi connectivity index (χ0) is 9.84. The highest BCUT2D eigenvalue weighted by Crippen LogP contribution is 2.26. The van der Waals surface area contributed by atoms with Crippen molar-refractivity contribution in [1.29, 1.82) is 0 Å². The van der Waals surface area contributed by atoms with Crippen LogP contribution >= 0.6 is 0 Å². The fourth-order valence-corrected chi connectivity index (χ4v) is 1.67. The molecule has 1 aliphatic rings. The number of ether oxygens (including phenoxy) is 1. The van der Waals surface area contributed by atoms with Crippen molar-refractivity contribution >= 4 is 5.97 Å². The maximum Gasteiger partial charge on any atom is 0.320 e. The Morgan fingerprint density at radius 2 is 2.54 bits per heavy atom. The molecule has 1 heterocycles. The van der Waals surface area contributed by atoms with Crippen molar-refractivity contribution in [1.82, 2.24) is 0 Å². The maximum absolute atomic E-state index is 10.6. The first kappa shape index (κ1) is 10.2. The van der Waals surface area contributed by atoms with Crippen LogP contribution in [0.5, 0.6) is 0 Å². The molecule has 4 heteroatoms. The van der Waals surface area contributed by atoms with Crippen LogP contribution in [-0.4, -0.2) is 29.8 Å². The molecule has 0 bridgehead atoms. The first-order valence-electron chi connectivity index (χ1n) is 4.37. The predicted molar refractivity (Wildman–Crippen MR) is 48.3 cm³/mol. The molecule has 13 heavy (non-hydrogen) atoms. The summed E-state index contributed by atoms with van der Waals surface area (Å²) in [7, 11) is 0. The van der Waals surface area contributed by atoms with Crippen molar-refractivity contribution in [3.8, 4) is 0 Å². The molecule has 3 unspecified atom stereocenters. The van der Waals surface area contributed by atoms with Crippen LogP contribution in [-0.2, 0) is 9.53 Å². The zero-order valence-corrected chi connectivity index (χ0v) is 7.48. The van der Waals surface area contributed by atoms with E-state index in [1.807, 2.05) is 0 Å². The van der Waals surface area contributed by atoms with Crippen LogP contribution in [0.2, 0.25) is 0 Å². The molecule has 4 nitrogen and oxygen atoms in total. The summed E-state index contributed by atoms with van der Waals surface area (Å²) in [6.07, 6.45) is 3.07. The Morgan fingerprint density at radius 1 is 1.85 bits per heavy atom. The van der Waals surface area contributed by atoms with E-state index in [4.69, 9.17) is 15.6 Å². The largest absolute Gasteiger partial charge is 0.480 e. The molecular weight excluding hydrogens is 170 g/mol. The Morgan fingerprint density at radius 3 is 3.08 bits per heavy atom. The number of hydrogen-bond acceptors (Lipinski definition) is 3. The van der Waals surface area contributed by atoms with Crippen LogP contribution in [0, 0.1) is 5.92 Å². The predicted octanol–water partition coefficient (Wildman–Crippen LogP) is 0.379.